The minimum Gasteiger partial charge on any atom is -0.399 e. The molecule has 0 unspecified atom stereocenters. The predicted molar refractivity (Wildman–Crippen MR) is 79.6 cm³/mol. The Morgan fingerprint density at radius 2 is 2.20 bits per heavy atom. The van der Waals surface area contributed by atoms with Crippen LogP contribution in [0, 0.1) is 6.92 Å². The highest BCUT2D eigenvalue weighted by Gasteiger charge is 2.11. The normalized spacial score (nSPS) is 10.8. The smallest absolute Gasteiger partial charge is 0.238 e. The van der Waals surface area contributed by atoms with Gasteiger partial charge in [0.1, 0.15) is 0 Å². The number of nitrogens with one attached hydrogen (secondary N) is 1. The Hall–Kier alpha value is -1.63. The number of rotatable bonds is 8. The van der Waals surface area contributed by atoms with Crippen molar-refractivity contribution in [1.82, 2.24) is 4.90 Å². The quantitative estimate of drug-likeness (QED) is 0.602. The zero-order valence-electron chi connectivity index (χ0n) is 12.1. The average molecular weight is 281 g/mol. The zero-order valence-corrected chi connectivity index (χ0v) is 12.1. The molecule has 0 aliphatic rings. The number of benzene rings is 1. The lowest BCUT2D eigenvalue weighted by Gasteiger charge is -2.20. The van der Waals surface area contributed by atoms with E-state index in [1.807, 2.05) is 17.9 Å². The highest BCUT2D eigenvalue weighted by atomic mass is 16.5. The van der Waals surface area contributed by atoms with Crippen LogP contribution in [0.4, 0.5) is 11.4 Å². The molecule has 1 aromatic rings. The summed E-state index contributed by atoms with van der Waals surface area (Å²) in [5.74, 6) is -0.123. The molecule has 1 rings (SSSR count). The van der Waals surface area contributed by atoms with Crippen molar-refractivity contribution in [3.8, 4) is 0 Å². The highest BCUT2D eigenvalue weighted by molar-refractivity contribution is 5.93. The van der Waals surface area contributed by atoms with Crippen LogP contribution < -0.4 is 11.1 Å². The number of hydrogen-bond donors (Lipinski definition) is 3. The first-order chi connectivity index (χ1) is 9.56. The Morgan fingerprint density at radius 3 is 2.80 bits per heavy atom. The molecule has 0 aliphatic carbocycles. The van der Waals surface area contributed by atoms with Gasteiger partial charge in [-0.3, -0.25) is 9.69 Å². The number of nitrogens with two attached hydrogens (primary N) is 1. The summed E-state index contributed by atoms with van der Waals surface area (Å²) in [6.07, 6.45) is 0. The first kappa shape index (κ1) is 16.4. The van der Waals surface area contributed by atoms with Gasteiger partial charge in [0.2, 0.25) is 5.91 Å². The average Bonchev–Trinajstić information content (AvgIpc) is 2.39. The van der Waals surface area contributed by atoms with Crippen molar-refractivity contribution >= 4 is 17.3 Å². The molecule has 0 bridgehead atoms. The summed E-state index contributed by atoms with van der Waals surface area (Å²) in [6.45, 7) is 3.69. The van der Waals surface area contributed by atoms with Crippen LogP contribution in [-0.4, -0.2) is 55.9 Å². The summed E-state index contributed by atoms with van der Waals surface area (Å²) in [4.78, 5) is 13.8. The first-order valence-electron chi connectivity index (χ1n) is 6.55. The molecule has 112 valence electrons. The highest BCUT2D eigenvalue weighted by Crippen LogP contribution is 2.17. The minimum atomic E-state index is -0.123. The van der Waals surface area contributed by atoms with Gasteiger partial charge in [-0.15, -0.1) is 0 Å². The number of ether oxygens (including phenoxy) is 1. The number of carbonyl (C=O) groups excluding carboxylic acids is 1. The fraction of sp³-hybridized carbons (Fsp3) is 0.500. The van der Waals surface area contributed by atoms with Gasteiger partial charge in [0.15, 0.2) is 0 Å². The Kier molecular flexibility index (Phi) is 7.00. The van der Waals surface area contributed by atoms with Crippen molar-refractivity contribution in [3.63, 3.8) is 0 Å². The molecule has 0 saturated heterocycles. The van der Waals surface area contributed by atoms with E-state index in [9.17, 15) is 4.79 Å². The topological polar surface area (TPSA) is 87.8 Å². The number of nitrogen functional groups attached to an aromatic ring is 1. The Balaban J connectivity index is 2.55. The van der Waals surface area contributed by atoms with Crippen LogP contribution in [0.2, 0.25) is 0 Å². The third-order valence-corrected chi connectivity index (χ3v) is 2.92. The van der Waals surface area contributed by atoms with Gasteiger partial charge in [-0.1, -0.05) is 0 Å². The number of amides is 1. The van der Waals surface area contributed by atoms with Gasteiger partial charge >= 0.3 is 0 Å². The van der Waals surface area contributed by atoms with Crippen LogP contribution in [0.15, 0.2) is 18.2 Å². The fourth-order valence-electron chi connectivity index (χ4n) is 1.85. The SMILES string of the molecule is COCCN(CCO)CC(=O)Nc1ccc(N)cc1C. The van der Waals surface area contributed by atoms with E-state index in [2.05, 4.69) is 5.32 Å². The number of aliphatic hydroxyl groups excluding tert-OH is 1. The third kappa shape index (κ3) is 5.56. The lowest BCUT2D eigenvalue weighted by Crippen LogP contribution is -2.37. The van der Waals surface area contributed by atoms with E-state index in [1.54, 1.807) is 19.2 Å². The van der Waals surface area contributed by atoms with E-state index in [-0.39, 0.29) is 19.1 Å². The molecular formula is C14H23N3O3. The van der Waals surface area contributed by atoms with E-state index < -0.39 is 0 Å². The minimum absolute atomic E-state index is 0.0118. The van der Waals surface area contributed by atoms with Crippen molar-refractivity contribution in [2.24, 2.45) is 0 Å². The number of carbonyl (C=O) groups is 1. The molecule has 0 heterocycles. The molecule has 0 radical (unpaired) electrons. The van der Waals surface area contributed by atoms with Crippen molar-refractivity contribution < 1.29 is 14.6 Å². The van der Waals surface area contributed by atoms with Gasteiger partial charge in [0.05, 0.1) is 19.8 Å². The monoisotopic (exact) mass is 281 g/mol. The Morgan fingerprint density at radius 1 is 1.45 bits per heavy atom. The van der Waals surface area contributed by atoms with E-state index in [0.717, 1.165) is 11.3 Å². The van der Waals surface area contributed by atoms with Crippen molar-refractivity contribution in [3.05, 3.63) is 23.8 Å². The standard InChI is InChI=1S/C14H23N3O3/c1-11-9-12(15)3-4-13(11)16-14(19)10-17(5-7-18)6-8-20-2/h3-4,9,18H,5-8,10,15H2,1-2H3,(H,16,19). The molecule has 0 spiro atoms. The molecule has 20 heavy (non-hydrogen) atoms. The fourth-order valence-corrected chi connectivity index (χ4v) is 1.85. The number of methoxy groups -OCH3 is 1. The third-order valence-electron chi connectivity index (χ3n) is 2.92. The molecule has 6 nitrogen and oxygen atoms in total. The van der Waals surface area contributed by atoms with Gasteiger partial charge in [0.25, 0.3) is 0 Å². The lowest BCUT2D eigenvalue weighted by atomic mass is 10.2. The van der Waals surface area contributed by atoms with Crippen LogP contribution in [0.25, 0.3) is 0 Å². The first-order valence-corrected chi connectivity index (χ1v) is 6.55. The van der Waals surface area contributed by atoms with Crippen molar-refractivity contribution in [1.29, 1.82) is 0 Å². The van der Waals surface area contributed by atoms with E-state index in [4.69, 9.17) is 15.6 Å². The number of nitrogens with zero attached hydrogens (tertiary/aromatic N) is 1. The van der Waals surface area contributed by atoms with E-state index >= 15 is 0 Å². The summed E-state index contributed by atoms with van der Waals surface area (Å²) in [7, 11) is 1.61. The summed E-state index contributed by atoms with van der Waals surface area (Å²) in [5.41, 5.74) is 8.01. The van der Waals surface area contributed by atoms with E-state index in [0.29, 0.717) is 25.4 Å². The molecule has 0 atom stereocenters. The second-order valence-corrected chi connectivity index (χ2v) is 4.62. The second kappa shape index (κ2) is 8.52. The summed E-state index contributed by atoms with van der Waals surface area (Å²) in [6, 6.07) is 5.35. The van der Waals surface area contributed by atoms with Gasteiger partial charge in [0, 0.05) is 31.6 Å². The second-order valence-electron chi connectivity index (χ2n) is 4.62. The zero-order chi connectivity index (χ0) is 15.0. The van der Waals surface area contributed by atoms with Gasteiger partial charge < -0.3 is 20.9 Å². The number of aryl methyl sites for hydroxylation is 1. The van der Waals surface area contributed by atoms with Gasteiger partial charge in [-0.25, -0.2) is 0 Å². The Bertz CT molecular complexity index is 438. The molecule has 0 saturated carbocycles. The van der Waals surface area contributed by atoms with Crippen molar-refractivity contribution in [2.45, 2.75) is 6.92 Å². The summed E-state index contributed by atoms with van der Waals surface area (Å²) >= 11 is 0. The van der Waals surface area contributed by atoms with Crippen LogP contribution in [-0.2, 0) is 9.53 Å². The summed E-state index contributed by atoms with van der Waals surface area (Å²) in [5, 5.41) is 11.8. The number of hydrogen-bond acceptors (Lipinski definition) is 5. The lowest BCUT2D eigenvalue weighted by molar-refractivity contribution is -0.117. The summed E-state index contributed by atoms with van der Waals surface area (Å²) < 4.78 is 4.98. The largest absolute Gasteiger partial charge is 0.399 e. The van der Waals surface area contributed by atoms with Gasteiger partial charge in [-0.05, 0) is 30.7 Å². The molecule has 0 aliphatic heterocycles. The van der Waals surface area contributed by atoms with Gasteiger partial charge in [-0.2, -0.15) is 0 Å². The molecule has 6 heteroatoms. The molecule has 0 aromatic heterocycles. The maximum atomic E-state index is 12.0. The van der Waals surface area contributed by atoms with Crippen molar-refractivity contribution in [2.75, 3.05) is 51.0 Å². The molecular weight excluding hydrogens is 258 g/mol. The number of aliphatic hydroxyl groups is 1. The van der Waals surface area contributed by atoms with Crippen LogP contribution in [0.3, 0.4) is 0 Å². The van der Waals surface area contributed by atoms with Crippen LogP contribution in [0.1, 0.15) is 5.56 Å². The maximum absolute atomic E-state index is 12.0. The molecule has 0 fully saturated rings. The predicted octanol–water partition coefficient (Wildman–Crippen LogP) is 0.456. The molecule has 1 amide bonds. The van der Waals surface area contributed by atoms with Crippen LogP contribution >= 0.6 is 0 Å². The molecule has 1 aromatic carbocycles. The maximum Gasteiger partial charge on any atom is 0.238 e. The Labute approximate surface area is 119 Å². The number of anilines is 2. The molecule has 4 N–H and O–H groups in total. The van der Waals surface area contributed by atoms with Crippen LogP contribution in [0.5, 0.6) is 0 Å². The van der Waals surface area contributed by atoms with E-state index in [1.165, 1.54) is 0 Å².